The summed E-state index contributed by atoms with van der Waals surface area (Å²) in [5.74, 6) is 1.89. The van der Waals surface area contributed by atoms with Crippen molar-refractivity contribution in [1.29, 1.82) is 0 Å². The van der Waals surface area contributed by atoms with Crippen LogP contribution in [0, 0.1) is 11.8 Å². The normalized spacial score (nSPS) is 30.8. The second kappa shape index (κ2) is 8.08. The van der Waals surface area contributed by atoms with Crippen LogP contribution in [0.3, 0.4) is 0 Å². The number of carbonyl (C=O) groups excluding carboxylic acids is 1. The molecule has 1 aromatic carbocycles. The Morgan fingerprint density at radius 3 is 2.61 bits per heavy atom. The van der Waals surface area contributed by atoms with E-state index in [2.05, 4.69) is 47.7 Å². The molecule has 1 saturated heterocycles. The number of aromatic nitrogens is 2. The van der Waals surface area contributed by atoms with Crippen LogP contribution in [0.2, 0.25) is 0 Å². The molecule has 0 spiro atoms. The van der Waals surface area contributed by atoms with Crippen LogP contribution in [-0.4, -0.2) is 40.2 Å². The maximum Gasteiger partial charge on any atom is 0.223 e. The molecule has 28 heavy (non-hydrogen) atoms. The smallest absolute Gasteiger partial charge is 0.223 e. The zero-order valence-corrected chi connectivity index (χ0v) is 17.2. The van der Waals surface area contributed by atoms with Gasteiger partial charge in [0, 0.05) is 50.8 Å². The van der Waals surface area contributed by atoms with Gasteiger partial charge < -0.3 is 10.2 Å². The van der Waals surface area contributed by atoms with Gasteiger partial charge in [-0.1, -0.05) is 37.3 Å². The molecule has 0 bridgehead atoms. The van der Waals surface area contributed by atoms with Crippen molar-refractivity contribution in [1.82, 2.24) is 20.0 Å². The summed E-state index contributed by atoms with van der Waals surface area (Å²) in [4.78, 5) is 14.3. The Bertz CT molecular complexity index is 802. The van der Waals surface area contributed by atoms with Crippen LogP contribution in [0.4, 0.5) is 0 Å². The molecule has 0 unspecified atom stereocenters. The molecule has 2 aromatic rings. The monoisotopic (exact) mass is 380 g/mol. The first-order chi connectivity index (χ1) is 13.5. The van der Waals surface area contributed by atoms with E-state index in [1.165, 1.54) is 24.8 Å². The summed E-state index contributed by atoms with van der Waals surface area (Å²) in [6.07, 6.45) is 8.24. The van der Waals surface area contributed by atoms with Gasteiger partial charge >= 0.3 is 0 Å². The Morgan fingerprint density at radius 2 is 1.89 bits per heavy atom. The van der Waals surface area contributed by atoms with Crippen molar-refractivity contribution >= 4 is 5.91 Å². The van der Waals surface area contributed by atoms with Gasteiger partial charge in [-0.25, -0.2) is 0 Å². The van der Waals surface area contributed by atoms with E-state index in [4.69, 9.17) is 0 Å². The van der Waals surface area contributed by atoms with Gasteiger partial charge in [0.15, 0.2) is 0 Å². The second-order valence-electron chi connectivity index (χ2n) is 8.89. The van der Waals surface area contributed by atoms with Gasteiger partial charge in [0.1, 0.15) is 0 Å². The Balaban J connectivity index is 1.42. The summed E-state index contributed by atoms with van der Waals surface area (Å²) in [6, 6.07) is 11.6. The van der Waals surface area contributed by atoms with Crippen molar-refractivity contribution in [3.8, 4) is 0 Å². The third-order valence-electron chi connectivity index (χ3n) is 6.64. The average molecular weight is 381 g/mol. The number of likely N-dealkylation sites (tertiary alicyclic amines) is 1. The van der Waals surface area contributed by atoms with Crippen LogP contribution >= 0.6 is 0 Å². The number of nitrogens with one attached hydrogen (secondary N) is 1. The van der Waals surface area contributed by atoms with E-state index in [9.17, 15) is 4.79 Å². The molecule has 0 radical (unpaired) electrons. The first kappa shape index (κ1) is 19.2. The van der Waals surface area contributed by atoms with E-state index in [0.29, 0.717) is 24.3 Å². The summed E-state index contributed by atoms with van der Waals surface area (Å²) in [7, 11) is 3.86. The number of amides is 1. The number of benzene rings is 1. The van der Waals surface area contributed by atoms with E-state index in [1.54, 1.807) is 0 Å². The highest BCUT2D eigenvalue weighted by Crippen LogP contribution is 2.38. The van der Waals surface area contributed by atoms with Crippen molar-refractivity contribution in [3.63, 3.8) is 0 Å². The molecule has 1 aromatic heterocycles. The molecule has 1 aliphatic carbocycles. The SMILES string of the molecule is C[C@@H]1C[C@H](NC[C@@H]2CC(=O)N(C)[C@H]2c2cnn(C)c2)C[C@H](c2ccccc2)C1. The molecule has 150 valence electrons. The lowest BCUT2D eigenvalue weighted by Crippen LogP contribution is -2.39. The number of hydrogen-bond donors (Lipinski definition) is 1. The Hall–Kier alpha value is -2.14. The predicted molar refractivity (Wildman–Crippen MR) is 111 cm³/mol. The van der Waals surface area contributed by atoms with Crippen LogP contribution in [0.5, 0.6) is 0 Å². The zero-order chi connectivity index (χ0) is 19.7. The highest BCUT2D eigenvalue weighted by molar-refractivity contribution is 5.79. The van der Waals surface area contributed by atoms with Gasteiger partial charge in [-0.15, -0.1) is 0 Å². The molecule has 5 nitrogen and oxygen atoms in total. The van der Waals surface area contributed by atoms with E-state index < -0.39 is 0 Å². The fourth-order valence-electron chi connectivity index (χ4n) is 5.31. The highest BCUT2D eigenvalue weighted by atomic mass is 16.2. The van der Waals surface area contributed by atoms with E-state index in [1.807, 2.05) is 36.1 Å². The second-order valence-corrected chi connectivity index (χ2v) is 8.89. The quantitative estimate of drug-likeness (QED) is 0.864. The molecule has 2 aliphatic rings. The summed E-state index contributed by atoms with van der Waals surface area (Å²) < 4.78 is 1.82. The standard InChI is InChI=1S/C23H32N4O/c1-16-9-18(17-7-5-4-6-8-17)11-21(10-16)24-13-19-12-22(28)27(3)23(19)20-14-25-26(2)15-20/h4-8,14-16,18-19,21,23-24H,9-13H2,1-3H3/t16-,18+,19-,21-,23+/m0/s1. The maximum atomic E-state index is 12.4. The number of carbonyl (C=O) groups is 1. The van der Waals surface area contributed by atoms with Crippen LogP contribution in [0.1, 0.15) is 55.7 Å². The Morgan fingerprint density at radius 1 is 1.11 bits per heavy atom. The van der Waals surface area contributed by atoms with Crippen molar-refractivity contribution < 1.29 is 4.79 Å². The summed E-state index contributed by atoms with van der Waals surface area (Å²) in [5, 5.41) is 8.15. The average Bonchev–Trinajstić information content (AvgIpc) is 3.23. The molecule has 1 aliphatic heterocycles. The molecule has 5 atom stereocenters. The van der Waals surface area contributed by atoms with Gasteiger partial charge in [0.2, 0.25) is 5.91 Å². The van der Waals surface area contributed by atoms with E-state index in [-0.39, 0.29) is 11.9 Å². The summed E-state index contributed by atoms with van der Waals surface area (Å²) in [6.45, 7) is 3.25. The van der Waals surface area contributed by atoms with Crippen molar-refractivity contribution in [2.24, 2.45) is 18.9 Å². The number of aryl methyl sites for hydroxylation is 1. The molecule has 1 N–H and O–H groups in total. The van der Waals surface area contributed by atoms with Gasteiger partial charge in [-0.05, 0) is 36.7 Å². The van der Waals surface area contributed by atoms with E-state index >= 15 is 0 Å². The molecular weight excluding hydrogens is 348 g/mol. The maximum absolute atomic E-state index is 12.4. The third-order valence-corrected chi connectivity index (χ3v) is 6.64. The van der Waals surface area contributed by atoms with Crippen molar-refractivity contribution in [3.05, 3.63) is 53.9 Å². The lowest BCUT2D eigenvalue weighted by Gasteiger charge is -2.35. The summed E-state index contributed by atoms with van der Waals surface area (Å²) in [5.41, 5.74) is 2.60. The third kappa shape index (κ3) is 4.00. The molecular formula is C23H32N4O. The molecule has 2 fully saturated rings. The molecule has 1 amide bonds. The predicted octanol–water partition coefficient (Wildman–Crippen LogP) is 3.50. The topological polar surface area (TPSA) is 50.2 Å². The minimum Gasteiger partial charge on any atom is -0.338 e. The fraction of sp³-hybridized carbons (Fsp3) is 0.565. The van der Waals surface area contributed by atoms with Crippen LogP contribution in [-0.2, 0) is 11.8 Å². The lowest BCUT2D eigenvalue weighted by atomic mass is 9.76. The van der Waals surface area contributed by atoms with E-state index in [0.717, 1.165) is 18.0 Å². The van der Waals surface area contributed by atoms with Gasteiger partial charge in [0.25, 0.3) is 0 Å². The fourth-order valence-corrected chi connectivity index (χ4v) is 5.31. The van der Waals surface area contributed by atoms with Crippen molar-refractivity contribution in [2.45, 2.75) is 50.6 Å². The minimum atomic E-state index is 0.125. The molecule has 1 saturated carbocycles. The Labute approximate surface area is 168 Å². The summed E-state index contributed by atoms with van der Waals surface area (Å²) >= 11 is 0. The minimum absolute atomic E-state index is 0.125. The van der Waals surface area contributed by atoms with Crippen LogP contribution in [0.15, 0.2) is 42.7 Å². The van der Waals surface area contributed by atoms with Gasteiger partial charge in [-0.2, -0.15) is 5.10 Å². The molecule has 4 rings (SSSR count). The molecule has 5 heteroatoms. The van der Waals surface area contributed by atoms with Crippen LogP contribution < -0.4 is 5.32 Å². The lowest BCUT2D eigenvalue weighted by molar-refractivity contribution is -0.127. The number of rotatable bonds is 5. The highest BCUT2D eigenvalue weighted by Gasteiger charge is 2.39. The zero-order valence-electron chi connectivity index (χ0n) is 17.2. The molecule has 2 heterocycles. The first-order valence-corrected chi connectivity index (χ1v) is 10.5. The van der Waals surface area contributed by atoms with Crippen LogP contribution in [0.25, 0.3) is 0 Å². The Kier molecular flexibility index (Phi) is 5.54. The number of hydrogen-bond acceptors (Lipinski definition) is 3. The number of nitrogens with zero attached hydrogens (tertiary/aromatic N) is 3. The largest absolute Gasteiger partial charge is 0.338 e. The van der Waals surface area contributed by atoms with Gasteiger partial charge in [-0.3, -0.25) is 9.48 Å². The first-order valence-electron chi connectivity index (χ1n) is 10.5. The van der Waals surface area contributed by atoms with Crippen molar-refractivity contribution in [2.75, 3.05) is 13.6 Å². The van der Waals surface area contributed by atoms with Gasteiger partial charge in [0.05, 0.1) is 12.2 Å².